The van der Waals surface area contributed by atoms with Crippen LogP contribution >= 0.6 is 15.6 Å². The molecule has 6 atom stereocenters. The Hall–Kier alpha value is -2.46. The quantitative estimate of drug-likeness (QED) is 0.0169. The van der Waals surface area contributed by atoms with E-state index in [1.807, 2.05) is 0 Å². The lowest BCUT2D eigenvalue weighted by Crippen LogP contribution is -2.30. The molecule has 3 unspecified atom stereocenters. The van der Waals surface area contributed by atoms with E-state index in [1.165, 1.54) is 135 Å². The minimum Gasteiger partial charge on any atom is -0.462 e. The number of aliphatic hydroxyl groups excluding tert-OH is 1. The molecule has 0 amide bonds. The molecular formula is C72H136O17P2. The van der Waals surface area contributed by atoms with Crippen LogP contribution in [0.25, 0.3) is 0 Å². The smallest absolute Gasteiger partial charge is 0.462 e. The lowest BCUT2D eigenvalue weighted by Gasteiger charge is -2.21. The third kappa shape index (κ3) is 64.6. The van der Waals surface area contributed by atoms with Gasteiger partial charge in [0.05, 0.1) is 26.4 Å². The number of unbranched alkanes of at least 4 members (excludes halogenated alkanes) is 35. The largest absolute Gasteiger partial charge is 0.472 e. The molecule has 0 aromatic carbocycles. The summed E-state index contributed by atoms with van der Waals surface area (Å²) in [5, 5.41) is 10.6. The van der Waals surface area contributed by atoms with Crippen LogP contribution in [0.15, 0.2) is 24.3 Å². The molecule has 536 valence electrons. The fraction of sp³-hybridized carbons (Fsp3) is 0.889. The van der Waals surface area contributed by atoms with Crippen LogP contribution in [-0.4, -0.2) is 96.7 Å². The van der Waals surface area contributed by atoms with Crippen LogP contribution in [0.1, 0.15) is 343 Å². The molecule has 19 heteroatoms. The van der Waals surface area contributed by atoms with Crippen molar-refractivity contribution >= 4 is 39.5 Å². The molecule has 0 aliphatic rings. The summed E-state index contributed by atoms with van der Waals surface area (Å²) in [5.41, 5.74) is 0. The molecule has 0 aromatic rings. The average Bonchev–Trinajstić information content (AvgIpc) is 3.72. The molecule has 0 fully saturated rings. The van der Waals surface area contributed by atoms with Crippen LogP contribution in [0.2, 0.25) is 0 Å². The van der Waals surface area contributed by atoms with E-state index in [4.69, 9.17) is 37.0 Å². The Balaban J connectivity index is 5.26. The van der Waals surface area contributed by atoms with E-state index in [0.29, 0.717) is 31.6 Å². The number of hydrogen-bond acceptors (Lipinski definition) is 15. The van der Waals surface area contributed by atoms with Crippen molar-refractivity contribution in [3.8, 4) is 0 Å². The summed E-state index contributed by atoms with van der Waals surface area (Å²) in [6.45, 7) is 9.36. The Morgan fingerprint density at radius 2 is 0.648 bits per heavy atom. The monoisotopic (exact) mass is 1330 g/mol. The molecule has 0 heterocycles. The minimum atomic E-state index is -4.96. The molecule has 0 spiro atoms. The highest BCUT2D eigenvalue weighted by molar-refractivity contribution is 7.47. The van der Waals surface area contributed by atoms with Gasteiger partial charge in [0, 0.05) is 25.7 Å². The Morgan fingerprint density at radius 1 is 0.363 bits per heavy atom. The topological polar surface area (TPSA) is 237 Å². The molecule has 0 aliphatic heterocycles. The van der Waals surface area contributed by atoms with Gasteiger partial charge in [0.15, 0.2) is 12.2 Å². The summed E-state index contributed by atoms with van der Waals surface area (Å²) in [7, 11) is -9.91. The normalized spacial score (nSPS) is 14.6. The van der Waals surface area contributed by atoms with Crippen LogP contribution in [-0.2, 0) is 65.4 Å². The number of phosphoric acid groups is 2. The molecule has 0 saturated heterocycles. The maximum atomic E-state index is 13.0. The number of ether oxygens (including phenoxy) is 4. The second-order valence-electron chi connectivity index (χ2n) is 26.0. The van der Waals surface area contributed by atoms with E-state index >= 15 is 0 Å². The summed E-state index contributed by atoms with van der Waals surface area (Å²) >= 11 is 0. The SMILES string of the molecule is CCCCCC/C=C\C=C/CCCCCCCC(=O)OC[C@H](COP(=O)(O)OC[C@@H](O)COP(=O)(O)OC[C@@H](COC(=O)CCCCCCCCC(C)C)OC(=O)CCCCCCCCC(C)CC)OC(=O)CCCCCCCCCCCCCCCCCCC. The van der Waals surface area contributed by atoms with Crippen molar-refractivity contribution in [1.29, 1.82) is 0 Å². The number of esters is 4. The van der Waals surface area contributed by atoms with Gasteiger partial charge in [0.25, 0.3) is 0 Å². The molecule has 3 N–H and O–H groups in total. The van der Waals surface area contributed by atoms with Crippen molar-refractivity contribution in [2.75, 3.05) is 39.6 Å². The van der Waals surface area contributed by atoms with Gasteiger partial charge < -0.3 is 33.8 Å². The zero-order valence-corrected chi connectivity index (χ0v) is 60.4. The van der Waals surface area contributed by atoms with Crippen molar-refractivity contribution < 1.29 is 80.2 Å². The highest BCUT2D eigenvalue weighted by atomic mass is 31.2. The second-order valence-corrected chi connectivity index (χ2v) is 28.9. The van der Waals surface area contributed by atoms with Crippen molar-refractivity contribution in [3.63, 3.8) is 0 Å². The van der Waals surface area contributed by atoms with Crippen molar-refractivity contribution in [3.05, 3.63) is 24.3 Å². The molecule has 0 radical (unpaired) electrons. The summed E-state index contributed by atoms with van der Waals surface area (Å²) in [4.78, 5) is 72.5. The van der Waals surface area contributed by atoms with Gasteiger partial charge in [-0.25, -0.2) is 9.13 Å². The Morgan fingerprint density at radius 3 is 0.989 bits per heavy atom. The number of phosphoric ester groups is 2. The zero-order valence-electron chi connectivity index (χ0n) is 58.6. The molecular weight excluding hydrogens is 1200 g/mol. The van der Waals surface area contributed by atoms with Gasteiger partial charge in [-0.15, -0.1) is 0 Å². The van der Waals surface area contributed by atoms with E-state index < -0.39 is 97.5 Å². The lowest BCUT2D eigenvalue weighted by atomic mass is 10.00. The Bertz CT molecular complexity index is 1860. The number of carbonyl (C=O) groups is 4. The zero-order chi connectivity index (χ0) is 67.2. The fourth-order valence-electron chi connectivity index (χ4n) is 10.4. The first-order chi connectivity index (χ1) is 43.9. The van der Waals surface area contributed by atoms with Gasteiger partial charge >= 0.3 is 39.5 Å². The minimum absolute atomic E-state index is 0.0996. The second kappa shape index (κ2) is 63.6. The maximum Gasteiger partial charge on any atom is 0.472 e. The van der Waals surface area contributed by atoms with Gasteiger partial charge in [-0.1, -0.05) is 291 Å². The van der Waals surface area contributed by atoms with E-state index in [-0.39, 0.29) is 25.7 Å². The average molecular weight is 1340 g/mol. The summed E-state index contributed by atoms with van der Waals surface area (Å²) in [5.74, 6) is -0.761. The number of hydrogen-bond donors (Lipinski definition) is 3. The van der Waals surface area contributed by atoms with Crippen LogP contribution in [0, 0.1) is 11.8 Å². The molecule has 0 bridgehead atoms. The van der Waals surface area contributed by atoms with Crippen LogP contribution in [0.3, 0.4) is 0 Å². The summed E-state index contributed by atoms with van der Waals surface area (Å²) in [6.07, 6.45) is 52.4. The van der Waals surface area contributed by atoms with Gasteiger partial charge in [0.2, 0.25) is 0 Å². The van der Waals surface area contributed by atoms with Crippen molar-refractivity contribution in [2.45, 2.75) is 362 Å². The van der Waals surface area contributed by atoms with E-state index in [2.05, 4.69) is 65.8 Å². The highest BCUT2D eigenvalue weighted by Gasteiger charge is 2.30. The van der Waals surface area contributed by atoms with Gasteiger partial charge in [-0.2, -0.15) is 0 Å². The van der Waals surface area contributed by atoms with Crippen molar-refractivity contribution in [2.24, 2.45) is 11.8 Å². The van der Waals surface area contributed by atoms with E-state index in [1.54, 1.807) is 0 Å². The number of allylic oxidation sites excluding steroid dienone is 4. The van der Waals surface area contributed by atoms with Gasteiger partial charge in [-0.05, 0) is 63.2 Å². The molecule has 91 heavy (non-hydrogen) atoms. The van der Waals surface area contributed by atoms with Crippen LogP contribution < -0.4 is 0 Å². The molecule has 0 aromatic heterocycles. The number of rotatable bonds is 69. The first kappa shape index (κ1) is 88.5. The van der Waals surface area contributed by atoms with Gasteiger partial charge in [-0.3, -0.25) is 37.3 Å². The summed E-state index contributed by atoms with van der Waals surface area (Å²) in [6, 6.07) is 0. The van der Waals surface area contributed by atoms with E-state index in [9.17, 15) is 43.2 Å². The Labute approximate surface area is 554 Å². The number of carbonyl (C=O) groups excluding carboxylic acids is 4. The van der Waals surface area contributed by atoms with Crippen LogP contribution in [0.5, 0.6) is 0 Å². The van der Waals surface area contributed by atoms with Crippen LogP contribution in [0.4, 0.5) is 0 Å². The maximum absolute atomic E-state index is 13.0. The molecule has 0 saturated carbocycles. The highest BCUT2D eigenvalue weighted by Crippen LogP contribution is 2.45. The first-order valence-electron chi connectivity index (χ1n) is 36.8. The van der Waals surface area contributed by atoms with E-state index in [0.717, 1.165) is 121 Å². The predicted octanol–water partition coefficient (Wildman–Crippen LogP) is 20.3. The lowest BCUT2D eigenvalue weighted by molar-refractivity contribution is -0.161. The molecule has 0 aliphatic carbocycles. The standard InChI is InChI=1S/C72H136O17P2/c1-7-10-12-14-16-18-20-22-24-25-27-29-31-33-35-44-50-56-71(76)88-67(60-82-69(74)54-48-42-34-32-30-28-26-23-21-19-17-15-13-11-8-2)62-86-90(78,79)84-58-66(73)59-85-91(80,81)87-63-68(61-83-70(75)55-49-43-38-36-40-46-52-64(4)5)89-72(77)57-51-45-39-37-41-47-53-65(6)9-3/h19,21,23,26,64-68,73H,7-18,20,22,24-25,27-63H2,1-6H3,(H,78,79)(H,80,81)/b21-19-,26-23-/t65?,66-,67-,68-/m1/s1. The van der Waals surface area contributed by atoms with Crippen molar-refractivity contribution in [1.82, 2.24) is 0 Å². The Kier molecular flexibility index (Phi) is 61.9. The predicted molar refractivity (Wildman–Crippen MR) is 367 cm³/mol. The first-order valence-corrected chi connectivity index (χ1v) is 39.8. The third-order valence-electron chi connectivity index (χ3n) is 16.4. The number of aliphatic hydroxyl groups is 1. The fourth-order valence-corrected chi connectivity index (χ4v) is 12.0. The molecule has 17 nitrogen and oxygen atoms in total. The van der Waals surface area contributed by atoms with Gasteiger partial charge in [0.1, 0.15) is 19.3 Å². The summed E-state index contributed by atoms with van der Waals surface area (Å²) < 4.78 is 68.2. The third-order valence-corrected chi connectivity index (χ3v) is 18.3. The molecule has 0 rings (SSSR count).